The Morgan fingerprint density at radius 3 is 2.76 bits per heavy atom. The first kappa shape index (κ1) is 18.2. The molecule has 2 N–H and O–H groups in total. The summed E-state index contributed by atoms with van der Waals surface area (Å²) in [7, 11) is 3.92. The van der Waals surface area contributed by atoms with Crippen LogP contribution < -0.4 is 15.1 Å². The lowest BCUT2D eigenvalue weighted by molar-refractivity contribution is 0.203. The molecule has 0 saturated carbocycles. The second-order valence-electron chi connectivity index (χ2n) is 6.52. The van der Waals surface area contributed by atoms with Gasteiger partial charge in [-0.1, -0.05) is 11.6 Å². The Labute approximate surface area is 157 Å². The molecule has 0 atom stereocenters. The van der Waals surface area contributed by atoms with Crippen LogP contribution in [0.15, 0.2) is 18.2 Å². The molecule has 25 heavy (non-hydrogen) atoms. The Bertz CT molecular complexity index is 700. The van der Waals surface area contributed by atoms with Crippen molar-refractivity contribution in [2.75, 3.05) is 48.9 Å². The molecule has 1 aromatic carbocycles. The molecule has 0 aliphatic carbocycles. The van der Waals surface area contributed by atoms with Crippen LogP contribution in [0.1, 0.15) is 18.7 Å². The molecule has 0 spiro atoms. The van der Waals surface area contributed by atoms with Crippen molar-refractivity contribution in [2.24, 2.45) is 5.92 Å². The zero-order chi connectivity index (χ0) is 17.8. The topological polar surface area (TPSA) is 64.5 Å². The van der Waals surface area contributed by atoms with E-state index < -0.39 is 0 Å². The zero-order valence-corrected chi connectivity index (χ0v) is 16.1. The third kappa shape index (κ3) is 4.54. The fourth-order valence-electron chi connectivity index (χ4n) is 2.95. The van der Waals surface area contributed by atoms with Crippen molar-refractivity contribution in [2.45, 2.75) is 19.4 Å². The van der Waals surface area contributed by atoms with Gasteiger partial charge in [-0.2, -0.15) is 4.37 Å². The summed E-state index contributed by atoms with van der Waals surface area (Å²) in [5, 5.41) is 14.4. The van der Waals surface area contributed by atoms with Gasteiger partial charge < -0.3 is 20.2 Å². The van der Waals surface area contributed by atoms with E-state index in [1.165, 1.54) is 11.5 Å². The number of nitrogens with one attached hydrogen (secondary N) is 1. The van der Waals surface area contributed by atoms with Crippen LogP contribution in [0.5, 0.6) is 0 Å². The molecular formula is C17H24ClN5OS. The van der Waals surface area contributed by atoms with E-state index >= 15 is 0 Å². The van der Waals surface area contributed by atoms with Crippen LogP contribution in [-0.2, 0) is 6.54 Å². The van der Waals surface area contributed by atoms with Crippen molar-refractivity contribution in [1.82, 2.24) is 9.36 Å². The molecule has 1 saturated heterocycles. The number of hydrogen-bond donors (Lipinski definition) is 2. The molecule has 8 heteroatoms. The van der Waals surface area contributed by atoms with Gasteiger partial charge >= 0.3 is 0 Å². The maximum absolute atomic E-state index is 9.33. The lowest BCUT2D eigenvalue weighted by Crippen LogP contribution is -2.35. The highest BCUT2D eigenvalue weighted by molar-refractivity contribution is 7.09. The van der Waals surface area contributed by atoms with Crippen LogP contribution in [0.4, 0.5) is 16.5 Å². The van der Waals surface area contributed by atoms with Crippen molar-refractivity contribution in [1.29, 1.82) is 0 Å². The fraction of sp³-hybridized carbons (Fsp3) is 0.529. The number of hydrogen-bond acceptors (Lipinski definition) is 7. The number of rotatable bonds is 6. The van der Waals surface area contributed by atoms with Gasteiger partial charge in [0.15, 0.2) is 5.82 Å². The first-order valence-corrected chi connectivity index (χ1v) is 9.61. The number of aliphatic hydroxyl groups excluding tert-OH is 1. The molecule has 0 bridgehead atoms. The lowest BCUT2D eigenvalue weighted by atomic mass is 9.97. The monoisotopic (exact) mass is 381 g/mol. The maximum Gasteiger partial charge on any atom is 0.204 e. The molecule has 1 aromatic heterocycles. The summed E-state index contributed by atoms with van der Waals surface area (Å²) in [5.41, 5.74) is 2.14. The summed E-state index contributed by atoms with van der Waals surface area (Å²) in [6, 6.07) is 5.93. The Balaban J connectivity index is 1.70. The summed E-state index contributed by atoms with van der Waals surface area (Å²) >= 11 is 7.60. The quantitative estimate of drug-likeness (QED) is 0.801. The van der Waals surface area contributed by atoms with Crippen molar-refractivity contribution < 1.29 is 5.11 Å². The number of halogens is 1. The third-order valence-electron chi connectivity index (χ3n) is 4.45. The number of aliphatic hydroxyl groups is 1. The van der Waals surface area contributed by atoms with Gasteiger partial charge in [0.2, 0.25) is 5.13 Å². The van der Waals surface area contributed by atoms with Gasteiger partial charge in [0.25, 0.3) is 0 Å². The van der Waals surface area contributed by atoms with Crippen LogP contribution >= 0.6 is 23.1 Å². The molecule has 0 unspecified atom stereocenters. The Hall–Kier alpha value is -1.57. The normalized spacial score (nSPS) is 15.4. The van der Waals surface area contributed by atoms with Crippen molar-refractivity contribution in [3.8, 4) is 0 Å². The second-order valence-corrected chi connectivity index (χ2v) is 7.68. The van der Waals surface area contributed by atoms with E-state index in [2.05, 4.69) is 25.6 Å². The summed E-state index contributed by atoms with van der Waals surface area (Å²) in [6.07, 6.45) is 2.02. The minimum atomic E-state index is 0.281. The number of nitrogens with zero attached hydrogens (tertiary/aromatic N) is 4. The second kappa shape index (κ2) is 8.21. The Morgan fingerprint density at radius 1 is 1.36 bits per heavy atom. The minimum Gasteiger partial charge on any atom is -0.396 e. The summed E-state index contributed by atoms with van der Waals surface area (Å²) in [5.74, 6) is 1.20. The highest BCUT2D eigenvalue weighted by atomic mass is 35.5. The smallest absolute Gasteiger partial charge is 0.204 e. The lowest BCUT2D eigenvalue weighted by Gasteiger charge is -2.34. The molecule has 1 aliphatic heterocycles. The highest BCUT2D eigenvalue weighted by Crippen LogP contribution is 2.32. The molecule has 0 amide bonds. The number of piperidine rings is 1. The van der Waals surface area contributed by atoms with E-state index in [0.29, 0.717) is 17.5 Å². The summed E-state index contributed by atoms with van der Waals surface area (Å²) < 4.78 is 4.39. The van der Waals surface area contributed by atoms with Gasteiger partial charge in [-0.3, -0.25) is 0 Å². The van der Waals surface area contributed by atoms with Crippen LogP contribution in [0.25, 0.3) is 0 Å². The average molecular weight is 382 g/mol. The Kier molecular flexibility index (Phi) is 5.98. The van der Waals surface area contributed by atoms with E-state index in [4.69, 9.17) is 11.6 Å². The zero-order valence-electron chi connectivity index (χ0n) is 14.6. The number of benzene rings is 1. The standard InChI is InChI=1S/C17H24ClN5OS/c1-22(2)17-20-16(21-25-17)10-19-14-9-13(18)3-4-15(14)23-7-5-12(11-24)6-8-23/h3-4,9,12,19,24H,5-8,10-11H2,1-2H3. The van der Waals surface area contributed by atoms with E-state index in [1.807, 2.05) is 31.1 Å². The molecule has 2 aromatic rings. The van der Waals surface area contributed by atoms with E-state index in [-0.39, 0.29) is 6.61 Å². The summed E-state index contributed by atoms with van der Waals surface area (Å²) in [6.45, 7) is 2.73. The molecule has 6 nitrogen and oxygen atoms in total. The largest absolute Gasteiger partial charge is 0.396 e. The van der Waals surface area contributed by atoms with Crippen LogP contribution in [0.2, 0.25) is 5.02 Å². The number of anilines is 3. The van der Waals surface area contributed by atoms with Gasteiger partial charge in [0, 0.05) is 50.3 Å². The molecule has 1 aliphatic rings. The predicted molar refractivity (Wildman–Crippen MR) is 105 cm³/mol. The summed E-state index contributed by atoms with van der Waals surface area (Å²) in [4.78, 5) is 8.81. The van der Waals surface area contributed by atoms with Crippen molar-refractivity contribution >= 4 is 39.6 Å². The molecular weight excluding hydrogens is 358 g/mol. The van der Waals surface area contributed by atoms with Crippen molar-refractivity contribution in [3.05, 3.63) is 29.0 Å². The van der Waals surface area contributed by atoms with Crippen LogP contribution in [0, 0.1) is 5.92 Å². The third-order valence-corrected chi connectivity index (χ3v) is 5.61. The van der Waals surface area contributed by atoms with Crippen LogP contribution in [0.3, 0.4) is 0 Å². The SMILES string of the molecule is CN(C)c1nc(CNc2cc(Cl)ccc2N2CCC(CO)CC2)ns1. The van der Waals surface area contributed by atoms with Gasteiger partial charge in [-0.05, 0) is 37.0 Å². The van der Waals surface area contributed by atoms with E-state index in [1.54, 1.807) is 0 Å². The van der Waals surface area contributed by atoms with Crippen molar-refractivity contribution in [3.63, 3.8) is 0 Å². The molecule has 136 valence electrons. The van der Waals surface area contributed by atoms with E-state index in [0.717, 1.165) is 48.3 Å². The predicted octanol–water partition coefficient (Wildman–Crippen LogP) is 3.08. The molecule has 2 heterocycles. The van der Waals surface area contributed by atoms with Gasteiger partial charge in [-0.15, -0.1) is 0 Å². The first-order valence-electron chi connectivity index (χ1n) is 8.46. The molecule has 0 radical (unpaired) electrons. The molecule has 1 fully saturated rings. The average Bonchev–Trinajstić information content (AvgIpc) is 3.09. The highest BCUT2D eigenvalue weighted by Gasteiger charge is 2.20. The van der Waals surface area contributed by atoms with Gasteiger partial charge in [-0.25, -0.2) is 4.98 Å². The fourth-order valence-corrected chi connectivity index (χ4v) is 3.73. The van der Waals surface area contributed by atoms with E-state index in [9.17, 15) is 5.11 Å². The minimum absolute atomic E-state index is 0.281. The van der Waals surface area contributed by atoms with Gasteiger partial charge in [0.05, 0.1) is 17.9 Å². The van der Waals surface area contributed by atoms with Gasteiger partial charge in [0.1, 0.15) is 0 Å². The Morgan fingerprint density at radius 2 is 2.12 bits per heavy atom. The maximum atomic E-state index is 9.33. The number of aromatic nitrogens is 2. The molecule has 3 rings (SSSR count). The first-order chi connectivity index (χ1) is 12.1. The van der Waals surface area contributed by atoms with Crippen LogP contribution in [-0.4, -0.2) is 48.3 Å².